The lowest BCUT2D eigenvalue weighted by molar-refractivity contribution is 0.0945. The van der Waals surface area contributed by atoms with Gasteiger partial charge in [0.25, 0.3) is 5.91 Å². The standard InChI is InChI=1S/C18H24N2O2/c1-4-22-11-7-10-19-18(21)15-12-17(13(2)3)20-16-9-6-5-8-14(15)16/h5-6,8-9,12-13H,4,7,10-11H2,1-3H3,(H,19,21). The lowest BCUT2D eigenvalue weighted by Crippen LogP contribution is -2.25. The summed E-state index contributed by atoms with van der Waals surface area (Å²) < 4.78 is 5.28. The molecule has 0 saturated heterocycles. The van der Waals surface area contributed by atoms with Gasteiger partial charge in [0.15, 0.2) is 0 Å². The highest BCUT2D eigenvalue weighted by Gasteiger charge is 2.13. The van der Waals surface area contributed by atoms with Gasteiger partial charge in [0.2, 0.25) is 0 Å². The zero-order chi connectivity index (χ0) is 15.9. The van der Waals surface area contributed by atoms with Gasteiger partial charge >= 0.3 is 0 Å². The molecule has 1 aromatic heterocycles. The van der Waals surface area contributed by atoms with Crippen molar-refractivity contribution in [3.63, 3.8) is 0 Å². The van der Waals surface area contributed by atoms with Gasteiger partial charge in [-0.25, -0.2) is 0 Å². The molecule has 0 aliphatic rings. The summed E-state index contributed by atoms with van der Waals surface area (Å²) in [6.45, 7) is 8.13. The van der Waals surface area contributed by atoms with Crippen molar-refractivity contribution in [2.24, 2.45) is 0 Å². The van der Waals surface area contributed by atoms with Crippen molar-refractivity contribution in [2.45, 2.75) is 33.1 Å². The summed E-state index contributed by atoms with van der Waals surface area (Å²) in [5.41, 5.74) is 2.51. The number of pyridine rings is 1. The fraction of sp³-hybridized carbons (Fsp3) is 0.444. The Labute approximate surface area is 131 Å². The first kappa shape index (κ1) is 16.4. The minimum Gasteiger partial charge on any atom is -0.382 e. The van der Waals surface area contributed by atoms with Crippen LogP contribution in [-0.4, -0.2) is 30.6 Å². The molecule has 1 N–H and O–H groups in total. The van der Waals surface area contributed by atoms with E-state index in [0.29, 0.717) is 25.3 Å². The molecule has 1 aromatic carbocycles. The Morgan fingerprint density at radius 1 is 1.32 bits per heavy atom. The van der Waals surface area contributed by atoms with E-state index in [1.54, 1.807) is 0 Å². The molecule has 4 heteroatoms. The monoisotopic (exact) mass is 300 g/mol. The van der Waals surface area contributed by atoms with Crippen molar-refractivity contribution >= 4 is 16.8 Å². The lowest BCUT2D eigenvalue weighted by atomic mass is 10.0. The summed E-state index contributed by atoms with van der Waals surface area (Å²) in [7, 11) is 0. The average molecular weight is 300 g/mol. The molecule has 0 atom stereocenters. The van der Waals surface area contributed by atoms with E-state index in [2.05, 4.69) is 24.1 Å². The van der Waals surface area contributed by atoms with Crippen molar-refractivity contribution in [1.29, 1.82) is 0 Å². The predicted molar refractivity (Wildman–Crippen MR) is 89.3 cm³/mol. The van der Waals surface area contributed by atoms with Gasteiger partial charge in [-0.15, -0.1) is 0 Å². The zero-order valence-corrected chi connectivity index (χ0v) is 13.6. The first-order valence-corrected chi connectivity index (χ1v) is 7.89. The van der Waals surface area contributed by atoms with E-state index in [9.17, 15) is 4.79 Å². The minimum atomic E-state index is -0.0444. The van der Waals surface area contributed by atoms with Gasteiger partial charge in [0.05, 0.1) is 11.1 Å². The van der Waals surface area contributed by atoms with Crippen LogP contribution in [0.25, 0.3) is 10.9 Å². The molecule has 22 heavy (non-hydrogen) atoms. The van der Waals surface area contributed by atoms with Gasteiger partial charge in [0.1, 0.15) is 0 Å². The van der Waals surface area contributed by atoms with Crippen molar-refractivity contribution in [1.82, 2.24) is 10.3 Å². The second-order valence-electron chi connectivity index (χ2n) is 5.57. The molecule has 2 aromatic rings. The van der Waals surface area contributed by atoms with E-state index in [4.69, 9.17) is 4.74 Å². The highest BCUT2D eigenvalue weighted by atomic mass is 16.5. The van der Waals surface area contributed by atoms with Crippen LogP contribution in [0.3, 0.4) is 0 Å². The molecular formula is C18H24N2O2. The number of nitrogens with zero attached hydrogens (tertiary/aromatic N) is 1. The number of nitrogens with one attached hydrogen (secondary N) is 1. The summed E-state index contributed by atoms with van der Waals surface area (Å²) in [5.74, 6) is 0.242. The van der Waals surface area contributed by atoms with Crippen LogP contribution in [0.2, 0.25) is 0 Å². The van der Waals surface area contributed by atoms with Crippen LogP contribution in [0.5, 0.6) is 0 Å². The average Bonchev–Trinajstić information content (AvgIpc) is 2.53. The minimum absolute atomic E-state index is 0.0444. The fourth-order valence-corrected chi connectivity index (χ4v) is 2.30. The molecule has 2 rings (SSSR count). The van der Waals surface area contributed by atoms with Crippen LogP contribution in [0.15, 0.2) is 30.3 Å². The van der Waals surface area contributed by atoms with Crippen LogP contribution >= 0.6 is 0 Å². The molecule has 0 aliphatic carbocycles. The van der Waals surface area contributed by atoms with E-state index in [-0.39, 0.29) is 11.8 Å². The van der Waals surface area contributed by atoms with Crippen molar-refractivity contribution in [3.05, 3.63) is 41.6 Å². The van der Waals surface area contributed by atoms with Gasteiger partial charge in [-0.05, 0) is 31.4 Å². The Morgan fingerprint density at radius 2 is 2.09 bits per heavy atom. The van der Waals surface area contributed by atoms with E-state index in [1.807, 2.05) is 37.3 Å². The molecule has 0 fully saturated rings. The summed E-state index contributed by atoms with van der Waals surface area (Å²) >= 11 is 0. The topological polar surface area (TPSA) is 51.2 Å². The third kappa shape index (κ3) is 4.04. The first-order valence-electron chi connectivity index (χ1n) is 7.89. The Balaban J connectivity index is 2.19. The molecule has 0 spiro atoms. The molecule has 0 aliphatic heterocycles. The molecule has 0 unspecified atom stereocenters. The van der Waals surface area contributed by atoms with Gasteiger partial charge in [-0.1, -0.05) is 32.0 Å². The van der Waals surface area contributed by atoms with Crippen LogP contribution in [0.1, 0.15) is 49.2 Å². The highest BCUT2D eigenvalue weighted by Crippen LogP contribution is 2.22. The predicted octanol–water partition coefficient (Wildman–Crippen LogP) is 3.51. The molecule has 4 nitrogen and oxygen atoms in total. The molecular weight excluding hydrogens is 276 g/mol. The number of fused-ring (bicyclic) bond motifs is 1. The Kier molecular flexibility index (Phi) is 5.90. The maximum atomic E-state index is 12.5. The van der Waals surface area contributed by atoms with E-state index in [0.717, 1.165) is 23.0 Å². The number of para-hydroxylation sites is 1. The number of carbonyl (C=O) groups excluding carboxylic acids is 1. The van der Waals surface area contributed by atoms with Gasteiger partial charge in [0, 0.05) is 30.8 Å². The van der Waals surface area contributed by atoms with Crippen molar-refractivity contribution < 1.29 is 9.53 Å². The maximum absolute atomic E-state index is 12.5. The smallest absolute Gasteiger partial charge is 0.252 e. The summed E-state index contributed by atoms with van der Waals surface area (Å²) in [5, 5.41) is 3.87. The van der Waals surface area contributed by atoms with Gasteiger partial charge in [-0.3, -0.25) is 9.78 Å². The normalized spacial score (nSPS) is 11.1. The lowest BCUT2D eigenvalue weighted by Gasteiger charge is -2.12. The third-order valence-corrected chi connectivity index (χ3v) is 3.53. The number of hydrogen-bond donors (Lipinski definition) is 1. The van der Waals surface area contributed by atoms with Gasteiger partial charge in [-0.2, -0.15) is 0 Å². The van der Waals surface area contributed by atoms with Crippen molar-refractivity contribution in [3.8, 4) is 0 Å². The quantitative estimate of drug-likeness (QED) is 0.796. The molecule has 0 bridgehead atoms. The summed E-state index contributed by atoms with van der Waals surface area (Å²) in [6.07, 6.45) is 0.819. The molecule has 1 heterocycles. The molecule has 118 valence electrons. The number of benzene rings is 1. The molecule has 0 saturated carbocycles. The second-order valence-corrected chi connectivity index (χ2v) is 5.57. The number of aromatic nitrogens is 1. The third-order valence-electron chi connectivity index (χ3n) is 3.53. The zero-order valence-electron chi connectivity index (χ0n) is 13.6. The van der Waals surface area contributed by atoms with Crippen LogP contribution < -0.4 is 5.32 Å². The van der Waals surface area contributed by atoms with E-state index < -0.39 is 0 Å². The number of ether oxygens (including phenoxy) is 1. The molecule has 0 radical (unpaired) electrons. The highest BCUT2D eigenvalue weighted by molar-refractivity contribution is 6.06. The van der Waals surface area contributed by atoms with Gasteiger partial charge < -0.3 is 10.1 Å². The number of hydrogen-bond acceptors (Lipinski definition) is 3. The number of amides is 1. The number of carbonyl (C=O) groups is 1. The SMILES string of the molecule is CCOCCCNC(=O)c1cc(C(C)C)nc2ccccc12. The second kappa shape index (κ2) is 7.90. The summed E-state index contributed by atoms with van der Waals surface area (Å²) in [4.78, 5) is 17.1. The molecule has 1 amide bonds. The van der Waals surface area contributed by atoms with Crippen molar-refractivity contribution in [2.75, 3.05) is 19.8 Å². The Morgan fingerprint density at radius 3 is 2.82 bits per heavy atom. The maximum Gasteiger partial charge on any atom is 0.252 e. The number of rotatable bonds is 7. The fourth-order valence-electron chi connectivity index (χ4n) is 2.30. The van der Waals surface area contributed by atoms with Crippen LogP contribution in [0.4, 0.5) is 0 Å². The largest absolute Gasteiger partial charge is 0.382 e. The van der Waals surface area contributed by atoms with E-state index >= 15 is 0 Å². The van der Waals surface area contributed by atoms with E-state index in [1.165, 1.54) is 0 Å². The first-order chi connectivity index (χ1) is 10.6. The van der Waals surface area contributed by atoms with Crippen LogP contribution in [0, 0.1) is 0 Å². The van der Waals surface area contributed by atoms with Crippen LogP contribution in [-0.2, 0) is 4.74 Å². The Hall–Kier alpha value is -1.94. The summed E-state index contributed by atoms with van der Waals surface area (Å²) in [6, 6.07) is 9.69. The Bertz CT molecular complexity index is 638.